The Morgan fingerprint density at radius 3 is 1.70 bits per heavy atom. The Labute approximate surface area is 206 Å². The van der Waals surface area contributed by atoms with E-state index in [1.165, 1.54) is 6.92 Å². The first-order chi connectivity index (χ1) is 14.3. The number of rotatable bonds is 11. The number of hydrogen-bond donors (Lipinski definition) is 1. The van der Waals surface area contributed by atoms with Crippen molar-refractivity contribution in [1.82, 2.24) is 0 Å². The SMILES string of the molecule is C.C.C.CC(=O)O[C@H](CCl)COc1ccc(C(C)(C)c2ccc(OC[C@H](C)CO)cc2)cc1. The van der Waals surface area contributed by atoms with Gasteiger partial charge < -0.3 is 19.3 Å². The van der Waals surface area contributed by atoms with Gasteiger partial charge in [-0.2, -0.15) is 0 Å². The monoisotopic (exact) mass is 482 g/mol. The first-order valence-corrected chi connectivity index (χ1v) is 10.6. The maximum absolute atomic E-state index is 11.1. The largest absolute Gasteiger partial charge is 0.493 e. The standard InChI is InChI=1S/C24H31ClO5.3CH4/c1-17(14-26)15-28-21-9-5-19(6-10-21)24(3,4)20-7-11-22(12-8-20)29-16-23(13-25)30-18(2)27;;;/h5-12,17,23,26H,13-16H2,1-4H3;3*1H4/t17-,23-;;;/m1.../s1. The van der Waals surface area contributed by atoms with E-state index in [4.69, 9.17) is 30.9 Å². The van der Waals surface area contributed by atoms with Crippen LogP contribution < -0.4 is 9.47 Å². The quantitative estimate of drug-likeness (QED) is 0.293. The topological polar surface area (TPSA) is 65.0 Å². The van der Waals surface area contributed by atoms with Crippen LogP contribution in [-0.2, 0) is 14.9 Å². The van der Waals surface area contributed by atoms with Gasteiger partial charge in [-0.3, -0.25) is 4.79 Å². The van der Waals surface area contributed by atoms with Crippen LogP contribution in [0.25, 0.3) is 0 Å². The normalized spacial score (nSPS) is 12.2. The summed E-state index contributed by atoms with van der Waals surface area (Å²) in [7, 11) is 0. The minimum Gasteiger partial charge on any atom is -0.493 e. The second-order valence-corrected chi connectivity index (χ2v) is 8.28. The number of carbonyl (C=O) groups is 1. The lowest BCUT2D eigenvalue weighted by Crippen LogP contribution is -2.25. The van der Waals surface area contributed by atoms with E-state index in [2.05, 4.69) is 26.0 Å². The third-order valence-corrected chi connectivity index (χ3v) is 5.28. The fourth-order valence-corrected chi connectivity index (χ4v) is 3.08. The molecule has 0 amide bonds. The lowest BCUT2D eigenvalue weighted by molar-refractivity contribution is -0.146. The van der Waals surface area contributed by atoms with Crippen LogP contribution in [0.15, 0.2) is 48.5 Å². The van der Waals surface area contributed by atoms with Gasteiger partial charge in [0.15, 0.2) is 0 Å². The Bertz CT molecular complexity index is 787. The number of ether oxygens (including phenoxy) is 3. The molecule has 0 aliphatic carbocycles. The van der Waals surface area contributed by atoms with Crippen LogP contribution in [0.1, 0.15) is 61.1 Å². The second-order valence-electron chi connectivity index (χ2n) is 7.97. The molecule has 0 heterocycles. The molecule has 188 valence electrons. The van der Waals surface area contributed by atoms with Gasteiger partial charge >= 0.3 is 5.97 Å². The van der Waals surface area contributed by atoms with Crippen molar-refractivity contribution < 1.29 is 24.1 Å². The van der Waals surface area contributed by atoms with Crippen molar-refractivity contribution in [2.45, 2.75) is 61.5 Å². The van der Waals surface area contributed by atoms with E-state index in [0.29, 0.717) is 12.4 Å². The number of benzene rings is 2. The van der Waals surface area contributed by atoms with E-state index in [9.17, 15) is 4.79 Å². The number of hydrogen-bond acceptors (Lipinski definition) is 5. The molecule has 0 unspecified atom stereocenters. The van der Waals surface area contributed by atoms with Crippen LogP contribution in [0.5, 0.6) is 11.5 Å². The fourth-order valence-electron chi connectivity index (χ4n) is 2.93. The van der Waals surface area contributed by atoms with Crippen molar-refractivity contribution in [1.29, 1.82) is 0 Å². The van der Waals surface area contributed by atoms with Crippen molar-refractivity contribution in [2.24, 2.45) is 5.92 Å². The van der Waals surface area contributed by atoms with Crippen LogP contribution in [0.3, 0.4) is 0 Å². The van der Waals surface area contributed by atoms with E-state index >= 15 is 0 Å². The maximum Gasteiger partial charge on any atom is 0.303 e. The van der Waals surface area contributed by atoms with Gasteiger partial charge in [-0.1, -0.05) is 67.3 Å². The fraction of sp³-hybridized carbons (Fsp3) is 0.519. The number of halogens is 1. The highest BCUT2D eigenvalue weighted by Gasteiger charge is 2.23. The maximum atomic E-state index is 11.1. The molecule has 2 atom stereocenters. The molecule has 0 radical (unpaired) electrons. The van der Waals surface area contributed by atoms with E-state index in [0.717, 1.165) is 16.9 Å². The molecule has 0 aromatic heterocycles. The van der Waals surface area contributed by atoms with E-state index in [-0.39, 0.29) is 58.7 Å². The molecule has 33 heavy (non-hydrogen) atoms. The summed E-state index contributed by atoms with van der Waals surface area (Å²) in [4.78, 5) is 11.1. The lowest BCUT2D eigenvalue weighted by Gasteiger charge is -2.26. The van der Waals surface area contributed by atoms with Crippen LogP contribution in [0.2, 0.25) is 0 Å². The summed E-state index contributed by atoms with van der Waals surface area (Å²) < 4.78 is 16.5. The number of aliphatic hydroxyl groups excluding tert-OH is 1. The predicted octanol–water partition coefficient (Wildman–Crippen LogP) is 6.48. The Balaban J connectivity index is 0. The molecule has 0 spiro atoms. The number of carbonyl (C=O) groups excluding carboxylic acids is 1. The van der Waals surface area contributed by atoms with Gasteiger partial charge in [0, 0.05) is 24.9 Å². The first-order valence-electron chi connectivity index (χ1n) is 10.1. The molecule has 0 aliphatic rings. The smallest absolute Gasteiger partial charge is 0.303 e. The molecule has 0 aliphatic heterocycles. The molecule has 0 fully saturated rings. The minimum absolute atomic E-state index is 0. The van der Waals surface area contributed by atoms with Crippen LogP contribution in [0, 0.1) is 5.92 Å². The van der Waals surface area contributed by atoms with Crippen molar-refractivity contribution in [3.8, 4) is 11.5 Å². The molecule has 1 N–H and O–H groups in total. The number of aliphatic hydroxyl groups is 1. The molecule has 0 bridgehead atoms. The Hall–Kier alpha value is -2.24. The number of alkyl halides is 1. The highest BCUT2D eigenvalue weighted by molar-refractivity contribution is 6.18. The zero-order valence-electron chi connectivity index (χ0n) is 18.1. The predicted molar refractivity (Wildman–Crippen MR) is 139 cm³/mol. The van der Waals surface area contributed by atoms with Gasteiger partial charge in [-0.05, 0) is 35.4 Å². The van der Waals surface area contributed by atoms with E-state index < -0.39 is 6.10 Å². The van der Waals surface area contributed by atoms with Crippen LogP contribution >= 0.6 is 11.6 Å². The van der Waals surface area contributed by atoms with Gasteiger partial charge in [0.2, 0.25) is 0 Å². The molecule has 0 saturated heterocycles. The van der Waals surface area contributed by atoms with Gasteiger partial charge in [-0.15, -0.1) is 11.6 Å². The van der Waals surface area contributed by atoms with E-state index in [1.54, 1.807) is 0 Å². The summed E-state index contributed by atoms with van der Waals surface area (Å²) in [5.74, 6) is 1.40. The molecular weight excluding hydrogens is 440 g/mol. The van der Waals surface area contributed by atoms with Crippen LogP contribution in [0.4, 0.5) is 0 Å². The van der Waals surface area contributed by atoms with Gasteiger partial charge in [0.05, 0.1) is 12.5 Å². The zero-order valence-corrected chi connectivity index (χ0v) is 18.8. The summed E-state index contributed by atoms with van der Waals surface area (Å²) in [6.45, 7) is 8.43. The second kappa shape index (κ2) is 15.6. The van der Waals surface area contributed by atoms with Crippen molar-refractivity contribution in [3.63, 3.8) is 0 Å². The lowest BCUT2D eigenvalue weighted by atomic mass is 9.78. The molecule has 2 aromatic carbocycles. The highest BCUT2D eigenvalue weighted by Crippen LogP contribution is 2.33. The molecule has 5 nitrogen and oxygen atoms in total. The van der Waals surface area contributed by atoms with Crippen molar-refractivity contribution in [3.05, 3.63) is 59.7 Å². The average Bonchev–Trinajstić information content (AvgIpc) is 2.75. The first kappa shape index (κ1) is 32.9. The molecule has 2 aromatic rings. The Kier molecular flexibility index (Phi) is 15.5. The third kappa shape index (κ3) is 10.1. The molecule has 6 heteroatoms. The third-order valence-electron chi connectivity index (χ3n) is 4.94. The number of esters is 1. The van der Waals surface area contributed by atoms with Crippen LogP contribution in [-0.4, -0.2) is 42.9 Å². The van der Waals surface area contributed by atoms with Gasteiger partial charge in [0.25, 0.3) is 0 Å². The highest BCUT2D eigenvalue weighted by atomic mass is 35.5. The van der Waals surface area contributed by atoms with E-state index in [1.807, 2.05) is 43.3 Å². The molecule has 0 saturated carbocycles. The summed E-state index contributed by atoms with van der Waals surface area (Å²) in [6, 6.07) is 15.9. The minimum atomic E-state index is -0.471. The molecular formula is C27H43ClO5. The molecule has 2 rings (SSSR count). The summed E-state index contributed by atoms with van der Waals surface area (Å²) in [5, 5.41) is 9.10. The van der Waals surface area contributed by atoms with Crippen molar-refractivity contribution in [2.75, 3.05) is 25.7 Å². The Morgan fingerprint density at radius 2 is 1.33 bits per heavy atom. The summed E-state index contributed by atoms with van der Waals surface area (Å²) in [6.07, 6.45) is -0.471. The average molecular weight is 483 g/mol. The zero-order chi connectivity index (χ0) is 22.1. The summed E-state index contributed by atoms with van der Waals surface area (Å²) in [5.41, 5.74) is 2.10. The van der Waals surface area contributed by atoms with Crippen molar-refractivity contribution >= 4 is 17.6 Å². The van der Waals surface area contributed by atoms with Gasteiger partial charge in [-0.25, -0.2) is 0 Å². The summed E-state index contributed by atoms with van der Waals surface area (Å²) >= 11 is 5.81. The Morgan fingerprint density at radius 1 is 0.909 bits per heavy atom. The van der Waals surface area contributed by atoms with Gasteiger partial charge in [0.1, 0.15) is 24.2 Å².